The van der Waals surface area contributed by atoms with Gasteiger partial charge in [0.1, 0.15) is 5.82 Å². The van der Waals surface area contributed by atoms with Gasteiger partial charge >= 0.3 is 0 Å². The summed E-state index contributed by atoms with van der Waals surface area (Å²) in [5.74, 6) is 0.173. The molecule has 1 fully saturated rings. The van der Waals surface area contributed by atoms with Crippen molar-refractivity contribution in [2.75, 3.05) is 13.2 Å². The zero-order valence-corrected chi connectivity index (χ0v) is 8.66. The molecule has 0 amide bonds. The van der Waals surface area contributed by atoms with E-state index >= 15 is 0 Å². The predicted octanol–water partition coefficient (Wildman–Crippen LogP) is 1.73. The van der Waals surface area contributed by atoms with Crippen molar-refractivity contribution >= 4 is 0 Å². The van der Waals surface area contributed by atoms with Gasteiger partial charge in [-0.3, -0.25) is 0 Å². The number of hydrogen-bond donors (Lipinski definition) is 1. The Labute approximate surface area is 89.2 Å². The second-order valence-corrected chi connectivity index (χ2v) is 4.12. The van der Waals surface area contributed by atoms with Crippen LogP contribution in [-0.4, -0.2) is 19.3 Å². The molecule has 0 saturated carbocycles. The van der Waals surface area contributed by atoms with Gasteiger partial charge in [-0.15, -0.1) is 0 Å². The van der Waals surface area contributed by atoms with Crippen molar-refractivity contribution in [3.05, 3.63) is 35.6 Å². The molecule has 0 spiro atoms. The van der Waals surface area contributed by atoms with Gasteiger partial charge in [-0.25, -0.2) is 4.39 Å². The monoisotopic (exact) mass is 209 g/mol. The summed E-state index contributed by atoms with van der Waals surface area (Å²) in [6, 6.07) is 6.83. The average molecular weight is 209 g/mol. The quantitative estimate of drug-likeness (QED) is 0.805. The Morgan fingerprint density at radius 1 is 1.33 bits per heavy atom. The molecule has 1 saturated heterocycles. The zero-order valence-electron chi connectivity index (χ0n) is 8.66. The number of nitrogens with two attached hydrogens (primary N) is 1. The van der Waals surface area contributed by atoms with Crippen LogP contribution >= 0.6 is 0 Å². The van der Waals surface area contributed by atoms with E-state index in [9.17, 15) is 4.39 Å². The van der Waals surface area contributed by atoms with Gasteiger partial charge in [-0.05, 0) is 30.5 Å². The van der Waals surface area contributed by atoms with Crippen molar-refractivity contribution in [1.29, 1.82) is 0 Å². The molecule has 0 aliphatic carbocycles. The fraction of sp³-hybridized carbons (Fsp3) is 0.500. The van der Waals surface area contributed by atoms with E-state index in [0.29, 0.717) is 5.92 Å². The number of hydrogen-bond acceptors (Lipinski definition) is 2. The zero-order chi connectivity index (χ0) is 10.7. The lowest BCUT2D eigenvalue weighted by Gasteiger charge is -2.28. The van der Waals surface area contributed by atoms with Crippen molar-refractivity contribution in [2.24, 2.45) is 11.7 Å². The Morgan fingerprint density at radius 2 is 2.07 bits per heavy atom. The molecule has 0 aromatic heterocycles. The van der Waals surface area contributed by atoms with Crippen LogP contribution in [0, 0.1) is 11.7 Å². The highest BCUT2D eigenvalue weighted by atomic mass is 19.1. The third-order valence-electron chi connectivity index (χ3n) is 2.94. The fourth-order valence-electron chi connectivity index (χ4n) is 1.95. The van der Waals surface area contributed by atoms with E-state index in [0.717, 1.165) is 31.6 Å². The number of ether oxygens (including phenoxy) is 1. The smallest absolute Gasteiger partial charge is 0.123 e. The molecule has 1 aliphatic heterocycles. The minimum atomic E-state index is -0.192. The first-order valence-corrected chi connectivity index (χ1v) is 5.33. The molecule has 1 heterocycles. The van der Waals surface area contributed by atoms with Crippen molar-refractivity contribution in [1.82, 2.24) is 0 Å². The molecule has 1 aliphatic rings. The Balaban J connectivity index is 1.98. The van der Waals surface area contributed by atoms with Gasteiger partial charge in [0.05, 0.1) is 6.61 Å². The minimum Gasteiger partial charge on any atom is -0.381 e. The molecule has 0 unspecified atom stereocenters. The first kappa shape index (κ1) is 10.6. The van der Waals surface area contributed by atoms with E-state index in [1.54, 1.807) is 0 Å². The molecule has 82 valence electrons. The lowest BCUT2D eigenvalue weighted by atomic mass is 9.90. The van der Waals surface area contributed by atoms with Crippen LogP contribution in [0.4, 0.5) is 4.39 Å². The van der Waals surface area contributed by atoms with Gasteiger partial charge in [0.2, 0.25) is 0 Å². The van der Waals surface area contributed by atoms with Crippen LogP contribution in [0.3, 0.4) is 0 Å². The Kier molecular flexibility index (Phi) is 3.34. The molecule has 15 heavy (non-hydrogen) atoms. The number of benzene rings is 1. The SMILES string of the molecule is N[C@@H]1CCOC[C@@H]1Cc1ccc(F)cc1. The molecule has 2 atom stereocenters. The van der Waals surface area contributed by atoms with Crippen LogP contribution < -0.4 is 5.73 Å². The Bertz CT molecular complexity index is 312. The molecule has 1 aromatic rings. The highest BCUT2D eigenvalue weighted by Crippen LogP contribution is 2.18. The first-order chi connectivity index (χ1) is 7.25. The molecule has 2 nitrogen and oxygen atoms in total. The summed E-state index contributed by atoms with van der Waals surface area (Å²) in [6.45, 7) is 1.49. The summed E-state index contributed by atoms with van der Waals surface area (Å²) in [6.07, 6.45) is 1.80. The van der Waals surface area contributed by atoms with E-state index in [-0.39, 0.29) is 11.9 Å². The molecule has 1 aromatic carbocycles. The summed E-state index contributed by atoms with van der Waals surface area (Å²) >= 11 is 0. The Morgan fingerprint density at radius 3 is 2.73 bits per heavy atom. The molecule has 3 heteroatoms. The van der Waals surface area contributed by atoms with Crippen molar-refractivity contribution in [3.63, 3.8) is 0 Å². The fourth-order valence-corrected chi connectivity index (χ4v) is 1.95. The summed E-state index contributed by atoms with van der Waals surface area (Å²) in [5.41, 5.74) is 7.13. The van der Waals surface area contributed by atoms with E-state index in [4.69, 9.17) is 10.5 Å². The lowest BCUT2D eigenvalue weighted by molar-refractivity contribution is 0.0422. The van der Waals surface area contributed by atoms with Crippen molar-refractivity contribution in [2.45, 2.75) is 18.9 Å². The minimum absolute atomic E-state index is 0.192. The maximum absolute atomic E-state index is 12.7. The summed E-state index contributed by atoms with van der Waals surface area (Å²) in [5, 5.41) is 0. The van der Waals surface area contributed by atoms with Gasteiger partial charge in [0.15, 0.2) is 0 Å². The average Bonchev–Trinajstić information content (AvgIpc) is 2.25. The summed E-state index contributed by atoms with van der Waals surface area (Å²) in [4.78, 5) is 0. The molecule has 0 bridgehead atoms. The van der Waals surface area contributed by atoms with E-state index < -0.39 is 0 Å². The van der Waals surface area contributed by atoms with Crippen LogP contribution in [0.25, 0.3) is 0 Å². The maximum Gasteiger partial charge on any atom is 0.123 e. The first-order valence-electron chi connectivity index (χ1n) is 5.33. The van der Waals surface area contributed by atoms with Gasteiger partial charge in [-0.2, -0.15) is 0 Å². The van der Waals surface area contributed by atoms with Crippen LogP contribution in [0.1, 0.15) is 12.0 Å². The Hall–Kier alpha value is -0.930. The van der Waals surface area contributed by atoms with Gasteiger partial charge in [0.25, 0.3) is 0 Å². The van der Waals surface area contributed by atoms with E-state index in [1.807, 2.05) is 12.1 Å². The molecular weight excluding hydrogens is 193 g/mol. The van der Waals surface area contributed by atoms with Crippen LogP contribution in [-0.2, 0) is 11.2 Å². The van der Waals surface area contributed by atoms with Crippen LogP contribution in [0.2, 0.25) is 0 Å². The van der Waals surface area contributed by atoms with Gasteiger partial charge < -0.3 is 10.5 Å². The predicted molar refractivity (Wildman–Crippen MR) is 57.0 cm³/mol. The lowest BCUT2D eigenvalue weighted by Crippen LogP contribution is -2.39. The molecule has 2 N–H and O–H groups in total. The normalized spacial score (nSPS) is 26.5. The number of halogens is 1. The highest BCUT2D eigenvalue weighted by molar-refractivity contribution is 5.17. The van der Waals surface area contributed by atoms with Crippen LogP contribution in [0.5, 0.6) is 0 Å². The third-order valence-corrected chi connectivity index (χ3v) is 2.94. The van der Waals surface area contributed by atoms with E-state index in [1.165, 1.54) is 12.1 Å². The maximum atomic E-state index is 12.7. The second kappa shape index (κ2) is 4.73. The standard InChI is InChI=1S/C12H16FNO/c13-11-3-1-9(2-4-11)7-10-8-15-6-5-12(10)14/h1-4,10,12H,5-8,14H2/t10-,12+/m0/s1. The topological polar surface area (TPSA) is 35.2 Å². The third kappa shape index (κ3) is 2.76. The van der Waals surface area contributed by atoms with Crippen molar-refractivity contribution in [3.8, 4) is 0 Å². The van der Waals surface area contributed by atoms with Crippen LogP contribution in [0.15, 0.2) is 24.3 Å². The molecule has 0 radical (unpaired) electrons. The largest absolute Gasteiger partial charge is 0.381 e. The van der Waals surface area contributed by atoms with Crippen molar-refractivity contribution < 1.29 is 9.13 Å². The van der Waals surface area contributed by atoms with Gasteiger partial charge in [0, 0.05) is 18.6 Å². The van der Waals surface area contributed by atoms with Gasteiger partial charge in [-0.1, -0.05) is 12.1 Å². The summed E-state index contributed by atoms with van der Waals surface area (Å²) in [7, 11) is 0. The molecular formula is C12H16FNO. The summed E-state index contributed by atoms with van der Waals surface area (Å²) < 4.78 is 18.1. The second-order valence-electron chi connectivity index (χ2n) is 4.12. The van der Waals surface area contributed by atoms with E-state index in [2.05, 4.69) is 0 Å². The molecule has 2 rings (SSSR count). The highest BCUT2D eigenvalue weighted by Gasteiger charge is 2.22. The number of rotatable bonds is 2.